The molecule has 1 aliphatic carbocycles. The van der Waals surface area contributed by atoms with Crippen LogP contribution in [-0.2, 0) is 12.8 Å². The standard InChI is InChI=1S/C10H11FS/c11-9-3-1-7-2-4-10(12)6-8(7)5-9/h1,3,5,10,12H,2,4,6H2. The highest BCUT2D eigenvalue weighted by Crippen LogP contribution is 2.24. The summed E-state index contributed by atoms with van der Waals surface area (Å²) in [6.07, 6.45) is 3.07. The van der Waals surface area contributed by atoms with E-state index in [1.165, 1.54) is 11.6 Å². The van der Waals surface area contributed by atoms with Crippen molar-refractivity contribution in [2.75, 3.05) is 0 Å². The van der Waals surface area contributed by atoms with E-state index in [1.54, 1.807) is 6.07 Å². The minimum absolute atomic E-state index is 0.129. The van der Waals surface area contributed by atoms with Crippen LogP contribution >= 0.6 is 12.6 Å². The normalized spacial score (nSPS) is 22.0. The number of rotatable bonds is 0. The van der Waals surface area contributed by atoms with Gasteiger partial charge in [0.05, 0.1) is 0 Å². The van der Waals surface area contributed by atoms with Gasteiger partial charge >= 0.3 is 0 Å². The van der Waals surface area contributed by atoms with Gasteiger partial charge in [-0.15, -0.1) is 0 Å². The molecule has 0 aromatic heterocycles. The molecule has 1 atom stereocenters. The summed E-state index contributed by atoms with van der Waals surface area (Å²) in [7, 11) is 0. The van der Waals surface area contributed by atoms with Gasteiger partial charge in [-0.25, -0.2) is 4.39 Å². The zero-order chi connectivity index (χ0) is 8.55. The molecule has 0 nitrogen and oxygen atoms in total. The highest BCUT2D eigenvalue weighted by Gasteiger charge is 2.15. The smallest absolute Gasteiger partial charge is 0.123 e. The molecule has 0 N–H and O–H groups in total. The lowest BCUT2D eigenvalue weighted by Crippen LogP contribution is -2.13. The van der Waals surface area contributed by atoms with Crippen molar-refractivity contribution in [2.24, 2.45) is 0 Å². The van der Waals surface area contributed by atoms with E-state index in [2.05, 4.69) is 12.6 Å². The Morgan fingerprint density at radius 3 is 3.00 bits per heavy atom. The maximum Gasteiger partial charge on any atom is 0.123 e. The molecule has 2 heteroatoms. The minimum atomic E-state index is -0.129. The molecule has 64 valence electrons. The van der Waals surface area contributed by atoms with E-state index in [1.807, 2.05) is 6.07 Å². The molecule has 1 aromatic rings. The largest absolute Gasteiger partial charge is 0.207 e. The Balaban J connectivity index is 2.37. The number of fused-ring (bicyclic) bond motifs is 1. The van der Waals surface area contributed by atoms with Gasteiger partial charge in [0.1, 0.15) is 5.82 Å². The molecule has 12 heavy (non-hydrogen) atoms. The van der Waals surface area contributed by atoms with Crippen LogP contribution in [0.2, 0.25) is 0 Å². The fourth-order valence-corrected chi connectivity index (χ4v) is 2.03. The summed E-state index contributed by atoms with van der Waals surface area (Å²) < 4.78 is 12.8. The summed E-state index contributed by atoms with van der Waals surface area (Å²) in [6.45, 7) is 0. The number of hydrogen-bond donors (Lipinski definition) is 1. The van der Waals surface area contributed by atoms with Gasteiger partial charge in [-0.05, 0) is 42.5 Å². The maximum absolute atomic E-state index is 12.8. The van der Waals surface area contributed by atoms with E-state index in [-0.39, 0.29) is 5.82 Å². The highest BCUT2D eigenvalue weighted by atomic mass is 32.1. The predicted molar refractivity (Wildman–Crippen MR) is 51.2 cm³/mol. The molecule has 0 spiro atoms. The summed E-state index contributed by atoms with van der Waals surface area (Å²) in [4.78, 5) is 0. The Morgan fingerprint density at radius 2 is 2.17 bits per heavy atom. The van der Waals surface area contributed by atoms with E-state index >= 15 is 0 Å². The number of halogens is 1. The third kappa shape index (κ3) is 1.48. The van der Waals surface area contributed by atoms with Crippen molar-refractivity contribution in [3.63, 3.8) is 0 Å². The molecule has 0 bridgehead atoms. The van der Waals surface area contributed by atoms with E-state index in [9.17, 15) is 4.39 Å². The van der Waals surface area contributed by atoms with Crippen molar-refractivity contribution in [1.29, 1.82) is 0 Å². The summed E-state index contributed by atoms with van der Waals surface area (Å²) in [6, 6.07) is 5.07. The lowest BCUT2D eigenvalue weighted by Gasteiger charge is -2.20. The van der Waals surface area contributed by atoms with Crippen molar-refractivity contribution < 1.29 is 4.39 Å². The molecular weight excluding hydrogens is 171 g/mol. The van der Waals surface area contributed by atoms with Crippen LogP contribution in [0.1, 0.15) is 17.5 Å². The molecule has 0 aliphatic heterocycles. The van der Waals surface area contributed by atoms with Gasteiger partial charge in [-0.3, -0.25) is 0 Å². The number of aryl methyl sites for hydroxylation is 1. The lowest BCUT2D eigenvalue weighted by atomic mass is 9.91. The molecular formula is C10H11FS. The average Bonchev–Trinajstić information content (AvgIpc) is 2.03. The second-order valence-corrected chi connectivity index (χ2v) is 4.04. The van der Waals surface area contributed by atoms with Crippen LogP contribution in [0.15, 0.2) is 18.2 Å². The van der Waals surface area contributed by atoms with Crippen molar-refractivity contribution in [2.45, 2.75) is 24.5 Å². The Labute approximate surface area is 77.2 Å². The molecule has 0 saturated heterocycles. The summed E-state index contributed by atoms with van der Waals surface area (Å²) in [5, 5.41) is 0.416. The van der Waals surface area contributed by atoms with Crippen LogP contribution in [0, 0.1) is 5.82 Å². The Morgan fingerprint density at radius 1 is 1.33 bits per heavy atom. The van der Waals surface area contributed by atoms with E-state index in [4.69, 9.17) is 0 Å². The quantitative estimate of drug-likeness (QED) is 0.586. The summed E-state index contributed by atoms with van der Waals surface area (Å²) in [5.74, 6) is -0.129. The topological polar surface area (TPSA) is 0 Å². The molecule has 0 radical (unpaired) electrons. The first-order valence-corrected chi connectivity index (χ1v) is 4.73. The van der Waals surface area contributed by atoms with Gasteiger partial charge in [-0.2, -0.15) is 12.6 Å². The first-order valence-electron chi connectivity index (χ1n) is 4.21. The van der Waals surface area contributed by atoms with Gasteiger partial charge in [0.2, 0.25) is 0 Å². The first-order chi connectivity index (χ1) is 5.75. The first kappa shape index (κ1) is 8.11. The molecule has 0 heterocycles. The van der Waals surface area contributed by atoms with Gasteiger partial charge < -0.3 is 0 Å². The molecule has 0 saturated carbocycles. The molecule has 1 aromatic carbocycles. The lowest BCUT2D eigenvalue weighted by molar-refractivity contribution is 0.617. The molecule has 0 amide bonds. The average molecular weight is 182 g/mol. The number of thiol groups is 1. The fraction of sp³-hybridized carbons (Fsp3) is 0.400. The van der Waals surface area contributed by atoms with Crippen LogP contribution < -0.4 is 0 Å². The van der Waals surface area contributed by atoms with Crippen LogP contribution in [0.4, 0.5) is 4.39 Å². The maximum atomic E-state index is 12.8. The highest BCUT2D eigenvalue weighted by molar-refractivity contribution is 7.80. The van der Waals surface area contributed by atoms with Crippen molar-refractivity contribution in [1.82, 2.24) is 0 Å². The third-order valence-electron chi connectivity index (χ3n) is 2.37. The Kier molecular flexibility index (Phi) is 2.09. The van der Waals surface area contributed by atoms with Gasteiger partial charge in [0.15, 0.2) is 0 Å². The minimum Gasteiger partial charge on any atom is -0.207 e. The van der Waals surface area contributed by atoms with E-state index in [0.29, 0.717) is 5.25 Å². The number of hydrogen-bond acceptors (Lipinski definition) is 1. The monoisotopic (exact) mass is 182 g/mol. The van der Waals surface area contributed by atoms with E-state index in [0.717, 1.165) is 24.8 Å². The van der Waals surface area contributed by atoms with Gasteiger partial charge in [-0.1, -0.05) is 6.07 Å². The Bertz CT molecular complexity index is 296. The SMILES string of the molecule is Fc1ccc2c(c1)CC(S)CC2. The Hall–Kier alpha value is -0.500. The zero-order valence-electron chi connectivity index (χ0n) is 6.76. The number of benzene rings is 1. The summed E-state index contributed by atoms with van der Waals surface area (Å²) in [5.41, 5.74) is 2.43. The van der Waals surface area contributed by atoms with Crippen LogP contribution in [0.5, 0.6) is 0 Å². The van der Waals surface area contributed by atoms with Crippen LogP contribution in [-0.4, -0.2) is 5.25 Å². The van der Waals surface area contributed by atoms with Crippen molar-refractivity contribution in [3.05, 3.63) is 35.1 Å². The van der Waals surface area contributed by atoms with Gasteiger partial charge in [0.25, 0.3) is 0 Å². The van der Waals surface area contributed by atoms with Crippen molar-refractivity contribution in [3.8, 4) is 0 Å². The molecule has 0 fully saturated rings. The zero-order valence-corrected chi connectivity index (χ0v) is 7.65. The third-order valence-corrected chi connectivity index (χ3v) is 2.81. The van der Waals surface area contributed by atoms with E-state index < -0.39 is 0 Å². The predicted octanol–water partition coefficient (Wildman–Crippen LogP) is 2.61. The second kappa shape index (κ2) is 3.09. The fourth-order valence-electron chi connectivity index (χ4n) is 1.71. The summed E-state index contributed by atoms with van der Waals surface area (Å²) >= 11 is 4.40. The van der Waals surface area contributed by atoms with Crippen LogP contribution in [0.25, 0.3) is 0 Å². The van der Waals surface area contributed by atoms with Gasteiger partial charge in [0, 0.05) is 5.25 Å². The molecule has 1 unspecified atom stereocenters. The molecule has 2 rings (SSSR count). The van der Waals surface area contributed by atoms with Crippen LogP contribution in [0.3, 0.4) is 0 Å². The molecule has 1 aliphatic rings. The van der Waals surface area contributed by atoms with Crippen molar-refractivity contribution >= 4 is 12.6 Å². The second-order valence-electron chi connectivity index (χ2n) is 3.31.